The van der Waals surface area contributed by atoms with Crippen LogP contribution in [0.3, 0.4) is 0 Å². The molecule has 0 radical (unpaired) electrons. The molecule has 2 atom stereocenters. The Bertz CT molecular complexity index is 984. The maximum atomic E-state index is 6.39. The van der Waals surface area contributed by atoms with Gasteiger partial charge in [-0.05, 0) is 48.5 Å². The second-order valence-corrected chi connectivity index (χ2v) is 21.9. The summed E-state index contributed by atoms with van der Waals surface area (Å²) in [5, 5.41) is 0.485. The van der Waals surface area contributed by atoms with Crippen molar-refractivity contribution in [2.75, 3.05) is 0 Å². The van der Waals surface area contributed by atoms with Crippen LogP contribution in [-0.4, -0.2) is 16.6 Å². The molecule has 0 bridgehead atoms. The van der Waals surface area contributed by atoms with Gasteiger partial charge in [0.15, 0.2) is 16.6 Å². The average Bonchev–Trinajstić information content (AvgIpc) is 3.31. The molecule has 7 heteroatoms. The molecule has 37 heavy (non-hydrogen) atoms. The summed E-state index contributed by atoms with van der Waals surface area (Å²) >= 11 is 0. The maximum absolute atomic E-state index is 6.39. The zero-order chi connectivity index (χ0) is 25.4. The Kier molecular flexibility index (Phi) is 13.8. The quantitative estimate of drug-likeness (QED) is 0.374. The molecule has 0 saturated carbocycles. The Labute approximate surface area is 259 Å². The fourth-order valence-corrected chi connectivity index (χ4v) is 5.69. The van der Waals surface area contributed by atoms with E-state index in [4.69, 9.17) is 8.85 Å². The van der Waals surface area contributed by atoms with Crippen molar-refractivity contribution in [2.45, 2.75) is 90.0 Å². The fraction of sp³-hybridized carbons (Fsp3) is 0.467. The van der Waals surface area contributed by atoms with Gasteiger partial charge in [0.2, 0.25) is 0 Å². The summed E-state index contributed by atoms with van der Waals surface area (Å²) in [5.74, 6) is 0. The molecule has 0 spiro atoms. The first-order valence-electron chi connectivity index (χ1n) is 12.3. The van der Waals surface area contributed by atoms with E-state index in [1.165, 1.54) is 22.3 Å². The predicted molar refractivity (Wildman–Crippen MR) is 150 cm³/mol. The molecule has 0 aromatic heterocycles. The van der Waals surface area contributed by atoms with Gasteiger partial charge in [0.25, 0.3) is 0 Å². The van der Waals surface area contributed by atoms with Gasteiger partial charge in [0, 0.05) is 0 Å². The van der Waals surface area contributed by atoms with Crippen LogP contribution in [0.15, 0.2) is 48.5 Å². The monoisotopic (exact) mass is 650 g/mol. The van der Waals surface area contributed by atoms with E-state index in [9.17, 15) is 0 Å². The van der Waals surface area contributed by atoms with E-state index in [1.54, 1.807) is 0 Å². The molecule has 0 N–H and O–H groups in total. The Morgan fingerprint density at radius 3 is 1.19 bits per heavy atom. The van der Waals surface area contributed by atoms with E-state index in [1.807, 2.05) is 12.2 Å². The van der Waals surface area contributed by atoms with Crippen LogP contribution in [0.4, 0.5) is 0 Å². The molecule has 2 nitrogen and oxygen atoms in total. The molecule has 2 aliphatic carbocycles. The molecular weight excluding hydrogens is 611 g/mol. The Morgan fingerprint density at radius 2 is 0.892 bits per heavy atom. The first kappa shape index (κ1) is 36.7. The van der Waals surface area contributed by atoms with Gasteiger partial charge in [0.05, 0.1) is 0 Å². The van der Waals surface area contributed by atoms with E-state index in [0.717, 1.165) is 0 Å². The predicted octanol–water partition coefficient (Wildman–Crippen LogP) is 3.16. The van der Waals surface area contributed by atoms with Crippen molar-refractivity contribution in [3.63, 3.8) is 0 Å². The zero-order valence-electron chi connectivity index (χ0n) is 24.0. The molecule has 0 fully saturated rings. The molecule has 0 saturated heterocycles. The molecule has 2 aliphatic rings. The Hall–Kier alpha value is -0.263. The van der Waals surface area contributed by atoms with Crippen LogP contribution >= 0.6 is 0 Å². The van der Waals surface area contributed by atoms with Crippen LogP contribution in [0.2, 0.25) is 36.3 Å². The van der Waals surface area contributed by atoms with Gasteiger partial charge in [-0.15, -0.1) is 23.3 Å². The van der Waals surface area contributed by atoms with E-state index in [0.29, 0.717) is 0 Å². The number of halogens is 2. The number of rotatable bonds is 4. The zero-order valence-corrected chi connectivity index (χ0v) is 30.0. The standard InChI is InChI=1S/2C15H21OSi.2ClH.Zr/c2*1-15(2,3)17(4,5)16-14-11-10-12-8-6-7-9-13(12)14;;;/h2*6-10,14H,1-5H3;2*1H;/q2*-1;;;+4/p-2/t2*14-;;;/m10.../s1. The van der Waals surface area contributed by atoms with Crippen LogP contribution in [0.25, 0.3) is 12.2 Å². The van der Waals surface area contributed by atoms with Gasteiger partial charge in [-0.3, -0.25) is 0 Å². The molecule has 0 aliphatic heterocycles. The van der Waals surface area contributed by atoms with Gasteiger partial charge in [-0.2, -0.15) is 11.1 Å². The first-order valence-corrected chi connectivity index (χ1v) is 18.2. The number of benzene rings is 2. The SMILES string of the molecule is CC(C)(C)[Si](C)(C)O[C@@H]1[C-]=Cc2ccccc21.CC(C)(C)[Si](C)(C)O[C@H]1[C-]=Cc2ccccc21.[Cl-].[Cl-].[Zr+4]. The minimum Gasteiger partial charge on any atom is -1.00 e. The Morgan fingerprint density at radius 1 is 0.595 bits per heavy atom. The summed E-state index contributed by atoms with van der Waals surface area (Å²) in [4.78, 5) is 0. The molecule has 0 unspecified atom stereocenters. The third-order valence-electron chi connectivity index (χ3n) is 7.77. The largest absolute Gasteiger partial charge is 4.00 e. The van der Waals surface area contributed by atoms with Crippen molar-refractivity contribution in [1.82, 2.24) is 0 Å². The van der Waals surface area contributed by atoms with Gasteiger partial charge in [0.1, 0.15) is 0 Å². The summed E-state index contributed by atoms with van der Waals surface area (Å²) in [6.07, 6.45) is 10.8. The van der Waals surface area contributed by atoms with E-state index in [2.05, 4.69) is 128 Å². The molecule has 200 valence electrons. The van der Waals surface area contributed by atoms with Crippen molar-refractivity contribution in [1.29, 1.82) is 0 Å². The van der Waals surface area contributed by atoms with Crippen molar-refractivity contribution in [3.8, 4) is 0 Å². The number of fused-ring (bicyclic) bond motifs is 2. The third kappa shape index (κ3) is 8.86. The maximum Gasteiger partial charge on any atom is 4.00 e. The van der Waals surface area contributed by atoms with E-state index in [-0.39, 0.29) is 73.3 Å². The minimum atomic E-state index is -1.72. The van der Waals surface area contributed by atoms with Crippen LogP contribution in [0, 0.1) is 12.2 Å². The van der Waals surface area contributed by atoms with Gasteiger partial charge < -0.3 is 33.7 Å². The fourth-order valence-electron chi connectivity index (χ4n) is 3.41. The van der Waals surface area contributed by atoms with Crippen LogP contribution in [0.1, 0.15) is 76.0 Å². The summed E-state index contributed by atoms with van der Waals surface area (Å²) < 4.78 is 12.8. The number of hydrogen-bond donors (Lipinski definition) is 0. The second kappa shape index (κ2) is 13.9. The summed E-state index contributed by atoms with van der Waals surface area (Å²) in [6.45, 7) is 22.8. The van der Waals surface area contributed by atoms with Gasteiger partial charge >= 0.3 is 26.2 Å². The molecular formula is C30H42Cl2O2Si2Zr. The van der Waals surface area contributed by atoms with Crippen LogP contribution in [0.5, 0.6) is 0 Å². The van der Waals surface area contributed by atoms with Crippen LogP contribution < -0.4 is 24.8 Å². The van der Waals surface area contributed by atoms with E-state index >= 15 is 0 Å². The second-order valence-electron chi connectivity index (χ2n) is 12.4. The van der Waals surface area contributed by atoms with Gasteiger partial charge in [-0.25, -0.2) is 24.3 Å². The van der Waals surface area contributed by atoms with Gasteiger partial charge in [-0.1, -0.05) is 77.9 Å². The molecule has 4 rings (SSSR count). The number of hydrogen-bond acceptors (Lipinski definition) is 2. The smallest absolute Gasteiger partial charge is 1.00 e. The normalized spacial score (nSPS) is 17.9. The molecule has 0 amide bonds. The first-order chi connectivity index (χ1) is 15.6. The Balaban J connectivity index is 0.000000648. The minimum absolute atomic E-state index is 0. The summed E-state index contributed by atoms with van der Waals surface area (Å²) in [7, 11) is -3.44. The third-order valence-corrected chi connectivity index (χ3v) is 16.6. The molecule has 0 heterocycles. The van der Waals surface area contributed by atoms with Crippen molar-refractivity contribution in [3.05, 3.63) is 82.9 Å². The molecule has 2 aromatic rings. The van der Waals surface area contributed by atoms with Crippen molar-refractivity contribution in [2.24, 2.45) is 0 Å². The summed E-state index contributed by atoms with van der Waals surface area (Å²) in [5.41, 5.74) is 5.02. The summed E-state index contributed by atoms with van der Waals surface area (Å²) in [6, 6.07) is 16.8. The topological polar surface area (TPSA) is 18.5 Å². The van der Waals surface area contributed by atoms with E-state index < -0.39 is 16.6 Å². The van der Waals surface area contributed by atoms with Crippen LogP contribution in [-0.2, 0) is 35.1 Å². The van der Waals surface area contributed by atoms with Crippen molar-refractivity contribution < 1.29 is 59.9 Å². The average molecular weight is 653 g/mol. The van der Waals surface area contributed by atoms with Crippen molar-refractivity contribution >= 4 is 28.8 Å². The molecule has 2 aromatic carbocycles.